The molecule has 2 saturated heterocycles. The zero-order valence-corrected chi connectivity index (χ0v) is 18.9. The lowest BCUT2D eigenvalue weighted by molar-refractivity contribution is 0.141. The number of halogens is 1. The van der Waals surface area contributed by atoms with Gasteiger partial charge in [0.25, 0.3) is 0 Å². The first-order chi connectivity index (χ1) is 15.2. The molecule has 4 heterocycles. The van der Waals surface area contributed by atoms with Crippen molar-refractivity contribution in [3.05, 3.63) is 47.5 Å². The minimum absolute atomic E-state index is 0.733. The normalized spacial score (nSPS) is 19.1. The van der Waals surface area contributed by atoms with E-state index in [2.05, 4.69) is 57.8 Å². The van der Waals surface area contributed by atoms with Crippen molar-refractivity contribution in [2.24, 2.45) is 7.05 Å². The van der Waals surface area contributed by atoms with Gasteiger partial charge < -0.3 is 14.4 Å². The lowest BCUT2D eigenvalue weighted by atomic mass is 9.97. The predicted molar refractivity (Wildman–Crippen MR) is 131 cm³/mol. The van der Waals surface area contributed by atoms with E-state index in [1.165, 1.54) is 72.7 Å². The maximum absolute atomic E-state index is 6.50. The van der Waals surface area contributed by atoms with Crippen LogP contribution in [0.1, 0.15) is 32.1 Å². The van der Waals surface area contributed by atoms with E-state index in [1.54, 1.807) is 0 Å². The minimum atomic E-state index is 0.733. The van der Waals surface area contributed by atoms with Gasteiger partial charge in [-0.15, -0.1) is 0 Å². The Kier molecular flexibility index (Phi) is 4.81. The van der Waals surface area contributed by atoms with Crippen molar-refractivity contribution in [2.45, 2.75) is 38.1 Å². The fraction of sp³-hybridized carbons (Fsp3) is 0.423. The number of fused-ring (bicyclic) bond motifs is 4. The number of aromatic nitrogens is 2. The van der Waals surface area contributed by atoms with Gasteiger partial charge >= 0.3 is 0 Å². The number of aryl methyl sites for hydroxylation is 1. The molecule has 6 rings (SSSR count). The lowest BCUT2D eigenvalue weighted by Crippen LogP contribution is -2.47. The molecule has 0 spiro atoms. The van der Waals surface area contributed by atoms with Gasteiger partial charge in [0.1, 0.15) is 5.82 Å². The summed E-state index contributed by atoms with van der Waals surface area (Å²) in [6.07, 6.45) is 6.60. The van der Waals surface area contributed by atoms with Crippen molar-refractivity contribution < 1.29 is 0 Å². The van der Waals surface area contributed by atoms with Gasteiger partial charge in [0.2, 0.25) is 0 Å². The zero-order chi connectivity index (χ0) is 20.9. The van der Waals surface area contributed by atoms with Gasteiger partial charge in [0, 0.05) is 42.0 Å². The summed E-state index contributed by atoms with van der Waals surface area (Å²) < 4.78 is 2.23. The highest BCUT2D eigenvalue weighted by atomic mass is 35.5. The Bertz CT molecular complexity index is 1220. The summed E-state index contributed by atoms with van der Waals surface area (Å²) in [5.74, 6) is 1.06. The smallest absolute Gasteiger partial charge is 0.143 e. The van der Waals surface area contributed by atoms with Crippen LogP contribution in [0, 0.1) is 0 Å². The molecule has 0 aromatic heterocycles. The Morgan fingerprint density at radius 2 is 1.68 bits per heavy atom. The molecule has 4 aliphatic rings. The van der Waals surface area contributed by atoms with Crippen molar-refractivity contribution in [3.63, 3.8) is 0 Å². The second-order valence-corrected chi connectivity index (χ2v) is 9.65. The van der Waals surface area contributed by atoms with E-state index >= 15 is 0 Å². The fourth-order valence-corrected chi connectivity index (χ4v) is 6.03. The van der Waals surface area contributed by atoms with E-state index in [4.69, 9.17) is 16.6 Å². The summed E-state index contributed by atoms with van der Waals surface area (Å²) in [5.41, 5.74) is 4.84. The lowest BCUT2D eigenvalue weighted by Gasteiger charge is -2.41. The van der Waals surface area contributed by atoms with Crippen LogP contribution in [0.15, 0.2) is 42.5 Å². The van der Waals surface area contributed by atoms with Crippen LogP contribution >= 0.6 is 11.6 Å². The van der Waals surface area contributed by atoms with E-state index in [9.17, 15) is 0 Å². The maximum Gasteiger partial charge on any atom is 0.143 e. The molecule has 4 nitrogen and oxygen atoms in total. The van der Waals surface area contributed by atoms with E-state index in [0.717, 1.165) is 35.5 Å². The number of likely N-dealkylation sites (tertiary alicyclic amines) is 1. The molecule has 5 heteroatoms. The van der Waals surface area contributed by atoms with Gasteiger partial charge in [-0.1, -0.05) is 36.2 Å². The summed E-state index contributed by atoms with van der Waals surface area (Å²) in [7, 11) is 2.12. The Hall–Kier alpha value is -2.30. The molecule has 0 unspecified atom stereocenters. The molecule has 0 amide bonds. The molecule has 2 fully saturated rings. The third-order valence-corrected chi connectivity index (χ3v) is 7.68. The van der Waals surface area contributed by atoms with Gasteiger partial charge in [-0.3, -0.25) is 0 Å². The number of anilines is 1. The Morgan fingerprint density at radius 3 is 2.48 bits per heavy atom. The first kappa shape index (κ1) is 19.4. The molecule has 4 aliphatic heterocycles. The molecule has 0 aliphatic carbocycles. The highest BCUT2D eigenvalue weighted by Crippen LogP contribution is 2.45. The second-order valence-electron chi connectivity index (χ2n) is 9.21. The number of para-hydroxylation sites is 1. The minimum Gasteiger partial charge on any atom is -0.370 e. The Morgan fingerprint density at radius 1 is 0.903 bits per heavy atom. The van der Waals surface area contributed by atoms with Crippen molar-refractivity contribution in [2.75, 3.05) is 31.1 Å². The van der Waals surface area contributed by atoms with E-state index in [0.29, 0.717) is 0 Å². The highest BCUT2D eigenvalue weighted by Gasteiger charge is 2.30. The average molecular weight is 433 g/mol. The number of benzene rings is 2. The molecular formula is C26H29ClN4. The number of nitrogens with zero attached hydrogens (tertiary/aromatic N) is 4. The molecule has 2 aromatic rings. The third kappa shape index (κ3) is 3.19. The van der Waals surface area contributed by atoms with Crippen LogP contribution in [-0.4, -0.2) is 46.7 Å². The molecule has 0 saturated carbocycles. The summed E-state index contributed by atoms with van der Waals surface area (Å²) in [6, 6.07) is 15.5. The quantitative estimate of drug-likeness (QED) is 0.391. The molecule has 0 radical (unpaired) electrons. The molecule has 0 atom stereocenters. The van der Waals surface area contributed by atoms with Crippen molar-refractivity contribution >= 4 is 39.1 Å². The summed E-state index contributed by atoms with van der Waals surface area (Å²) >= 11 is 6.50. The van der Waals surface area contributed by atoms with E-state index < -0.39 is 0 Å². The van der Waals surface area contributed by atoms with E-state index in [-0.39, 0.29) is 0 Å². The Labute approximate surface area is 188 Å². The van der Waals surface area contributed by atoms with Crippen molar-refractivity contribution in [1.29, 1.82) is 0 Å². The molecule has 0 bridgehead atoms. The van der Waals surface area contributed by atoms with Crippen LogP contribution in [0.4, 0.5) is 5.69 Å². The fourth-order valence-electron chi connectivity index (χ4n) is 5.85. The zero-order valence-electron chi connectivity index (χ0n) is 18.1. The van der Waals surface area contributed by atoms with Gasteiger partial charge in [-0.25, -0.2) is 4.98 Å². The van der Waals surface area contributed by atoms with Gasteiger partial charge in [0.05, 0.1) is 22.3 Å². The molecule has 160 valence electrons. The van der Waals surface area contributed by atoms with Crippen LogP contribution in [-0.2, 0) is 7.05 Å². The van der Waals surface area contributed by atoms with Crippen molar-refractivity contribution in [1.82, 2.24) is 14.5 Å². The molecule has 31 heavy (non-hydrogen) atoms. The molecule has 0 N–H and O–H groups in total. The topological polar surface area (TPSA) is 24.3 Å². The first-order valence-corrected chi connectivity index (χ1v) is 12.0. The standard InChI is InChI=1S/C26H29ClN4/c1-29-23-10-9-18(27)17-21(23)25(24-20-7-3-4-8-22(20)28-26(24)29)31-15-11-19(12-16-31)30-13-5-2-6-14-30/h3-4,7-10,17,19H,2,5-6,11-16H2,1H3. The summed E-state index contributed by atoms with van der Waals surface area (Å²) in [4.78, 5) is 10.4. The van der Waals surface area contributed by atoms with Crippen LogP contribution in [0.25, 0.3) is 33.2 Å². The number of rotatable bonds is 2. The monoisotopic (exact) mass is 432 g/mol. The predicted octanol–water partition coefficient (Wildman–Crippen LogP) is 5.94. The van der Waals surface area contributed by atoms with E-state index in [1.807, 2.05) is 6.07 Å². The van der Waals surface area contributed by atoms with Crippen LogP contribution in [0.5, 0.6) is 0 Å². The van der Waals surface area contributed by atoms with Crippen LogP contribution in [0.3, 0.4) is 0 Å². The first-order valence-electron chi connectivity index (χ1n) is 11.7. The Balaban J connectivity index is 1.48. The number of pyridine rings is 1. The van der Waals surface area contributed by atoms with Gasteiger partial charge in [-0.2, -0.15) is 0 Å². The molecule has 2 aromatic carbocycles. The average Bonchev–Trinajstić information content (AvgIpc) is 3.20. The number of piperidine rings is 2. The number of hydrogen-bond donors (Lipinski definition) is 0. The second kappa shape index (κ2) is 7.68. The summed E-state index contributed by atoms with van der Waals surface area (Å²) in [5, 5.41) is 3.26. The van der Waals surface area contributed by atoms with Crippen LogP contribution < -0.4 is 4.90 Å². The van der Waals surface area contributed by atoms with Gasteiger partial charge in [-0.05, 0) is 63.0 Å². The third-order valence-electron chi connectivity index (χ3n) is 7.44. The van der Waals surface area contributed by atoms with Gasteiger partial charge in [0.15, 0.2) is 0 Å². The largest absolute Gasteiger partial charge is 0.370 e. The molecular weight excluding hydrogens is 404 g/mol. The SMILES string of the molecule is Cn1c2nc3ccccc3c-2c(N2CCC(N3CCCCC3)CC2)c2cc(Cl)ccc21. The highest BCUT2D eigenvalue weighted by molar-refractivity contribution is 6.31. The maximum atomic E-state index is 6.50. The summed E-state index contributed by atoms with van der Waals surface area (Å²) in [6.45, 7) is 4.74. The van der Waals surface area contributed by atoms with Crippen molar-refractivity contribution in [3.8, 4) is 11.4 Å². The van der Waals surface area contributed by atoms with Crippen LogP contribution in [0.2, 0.25) is 5.02 Å². The number of hydrogen-bond acceptors (Lipinski definition) is 3.